The summed E-state index contributed by atoms with van der Waals surface area (Å²) < 4.78 is 19.2. The number of halogens is 1. The maximum absolute atomic E-state index is 14.2. The van der Waals surface area contributed by atoms with Crippen molar-refractivity contribution in [1.29, 1.82) is 0 Å². The van der Waals surface area contributed by atoms with Gasteiger partial charge in [-0.1, -0.05) is 39.8 Å². The van der Waals surface area contributed by atoms with Gasteiger partial charge in [0.05, 0.1) is 7.11 Å². The van der Waals surface area contributed by atoms with Crippen molar-refractivity contribution in [3.63, 3.8) is 0 Å². The predicted molar refractivity (Wildman–Crippen MR) is 68.8 cm³/mol. The lowest BCUT2D eigenvalue weighted by Gasteiger charge is -2.32. The van der Waals surface area contributed by atoms with Crippen LogP contribution in [-0.4, -0.2) is 13.7 Å². The molecular weight excluding hydrogens is 217 g/mol. The molecule has 0 heterocycles. The van der Waals surface area contributed by atoms with E-state index in [1.807, 2.05) is 19.1 Å². The molecule has 0 aliphatic heterocycles. The minimum Gasteiger partial charge on any atom is -0.494 e. The molecule has 1 N–H and O–H groups in total. The zero-order valence-electron chi connectivity index (χ0n) is 11.3. The van der Waals surface area contributed by atoms with Gasteiger partial charge in [0, 0.05) is 11.6 Å². The van der Waals surface area contributed by atoms with Crippen molar-refractivity contribution in [2.45, 2.75) is 33.7 Å². The molecular formula is C14H22FNO. The van der Waals surface area contributed by atoms with Gasteiger partial charge in [-0.05, 0) is 18.0 Å². The number of benzene rings is 1. The number of rotatable bonds is 4. The molecule has 0 aliphatic carbocycles. The largest absolute Gasteiger partial charge is 0.494 e. The van der Waals surface area contributed by atoms with Gasteiger partial charge in [0.15, 0.2) is 11.6 Å². The smallest absolute Gasteiger partial charge is 0.169 e. The van der Waals surface area contributed by atoms with Crippen LogP contribution in [0.3, 0.4) is 0 Å². The van der Waals surface area contributed by atoms with Crippen LogP contribution in [0, 0.1) is 11.2 Å². The molecule has 0 aliphatic rings. The lowest BCUT2D eigenvalue weighted by atomic mass is 9.82. The van der Waals surface area contributed by atoms with Gasteiger partial charge >= 0.3 is 0 Å². The predicted octanol–water partition coefficient (Wildman–Crippen LogP) is 3.53. The number of hydrogen-bond acceptors (Lipinski definition) is 2. The van der Waals surface area contributed by atoms with Crippen LogP contribution in [0.4, 0.5) is 4.39 Å². The Morgan fingerprint density at radius 1 is 1.35 bits per heavy atom. The summed E-state index contributed by atoms with van der Waals surface area (Å²) in [5.74, 6) is 0.0329. The third-order valence-electron chi connectivity index (χ3n) is 2.80. The SMILES string of the molecule is CCNC(c1cccc(OC)c1F)C(C)(C)C. The zero-order chi connectivity index (χ0) is 13.1. The topological polar surface area (TPSA) is 21.3 Å². The van der Waals surface area contributed by atoms with Crippen LogP contribution in [0.5, 0.6) is 5.75 Å². The molecule has 0 bridgehead atoms. The van der Waals surface area contributed by atoms with E-state index in [9.17, 15) is 4.39 Å². The second kappa shape index (κ2) is 5.50. The van der Waals surface area contributed by atoms with E-state index in [1.54, 1.807) is 6.07 Å². The molecule has 1 aromatic carbocycles. The van der Waals surface area contributed by atoms with Gasteiger partial charge in [-0.3, -0.25) is 0 Å². The first-order chi connectivity index (χ1) is 7.91. The van der Waals surface area contributed by atoms with Crippen molar-refractivity contribution in [1.82, 2.24) is 5.32 Å². The zero-order valence-corrected chi connectivity index (χ0v) is 11.3. The van der Waals surface area contributed by atoms with Crippen LogP contribution in [0.15, 0.2) is 18.2 Å². The Morgan fingerprint density at radius 3 is 2.47 bits per heavy atom. The van der Waals surface area contributed by atoms with Crippen LogP contribution in [0.25, 0.3) is 0 Å². The van der Waals surface area contributed by atoms with Gasteiger partial charge in [0.2, 0.25) is 0 Å². The molecule has 1 rings (SSSR count). The summed E-state index contributed by atoms with van der Waals surface area (Å²) in [5, 5.41) is 3.34. The molecule has 0 aromatic heterocycles. The fourth-order valence-electron chi connectivity index (χ4n) is 2.00. The highest BCUT2D eigenvalue weighted by atomic mass is 19.1. The number of hydrogen-bond donors (Lipinski definition) is 1. The van der Waals surface area contributed by atoms with Crippen LogP contribution in [0.2, 0.25) is 0 Å². The van der Waals surface area contributed by atoms with Crippen molar-refractivity contribution in [2.75, 3.05) is 13.7 Å². The van der Waals surface area contributed by atoms with Gasteiger partial charge in [-0.25, -0.2) is 4.39 Å². The Balaban J connectivity index is 3.19. The summed E-state index contributed by atoms with van der Waals surface area (Å²) in [5.41, 5.74) is 0.613. The van der Waals surface area contributed by atoms with Crippen molar-refractivity contribution < 1.29 is 9.13 Å². The van der Waals surface area contributed by atoms with E-state index in [0.29, 0.717) is 11.3 Å². The van der Waals surface area contributed by atoms with Crippen LogP contribution < -0.4 is 10.1 Å². The van der Waals surface area contributed by atoms with Crippen molar-refractivity contribution >= 4 is 0 Å². The minimum atomic E-state index is -0.268. The first-order valence-electron chi connectivity index (χ1n) is 5.97. The fraction of sp³-hybridized carbons (Fsp3) is 0.571. The molecule has 1 aromatic rings. The van der Waals surface area contributed by atoms with E-state index in [2.05, 4.69) is 26.1 Å². The Kier molecular flexibility index (Phi) is 4.52. The standard InChI is InChI=1S/C14H22FNO/c1-6-16-13(14(2,3)4)10-8-7-9-11(17-5)12(10)15/h7-9,13,16H,6H2,1-5H3. The number of ether oxygens (including phenoxy) is 1. The Morgan fingerprint density at radius 2 is 2.00 bits per heavy atom. The molecule has 0 spiro atoms. The van der Waals surface area contributed by atoms with E-state index in [4.69, 9.17) is 4.74 Å². The van der Waals surface area contributed by atoms with Crippen LogP contribution in [-0.2, 0) is 0 Å². The Labute approximate surface area is 103 Å². The Hall–Kier alpha value is -1.09. The summed E-state index contributed by atoms with van der Waals surface area (Å²) in [7, 11) is 1.49. The van der Waals surface area contributed by atoms with Crippen molar-refractivity contribution in [3.05, 3.63) is 29.6 Å². The maximum Gasteiger partial charge on any atom is 0.169 e. The minimum absolute atomic E-state index is 0.0254. The number of nitrogens with one attached hydrogen (secondary N) is 1. The molecule has 0 radical (unpaired) electrons. The quantitative estimate of drug-likeness (QED) is 0.868. The van der Waals surface area contributed by atoms with E-state index >= 15 is 0 Å². The third-order valence-corrected chi connectivity index (χ3v) is 2.80. The average Bonchev–Trinajstić information content (AvgIpc) is 2.25. The van der Waals surface area contributed by atoms with E-state index in [-0.39, 0.29) is 17.3 Å². The molecule has 0 fully saturated rings. The first kappa shape index (κ1) is 14.0. The third kappa shape index (κ3) is 3.19. The average molecular weight is 239 g/mol. The van der Waals surface area contributed by atoms with E-state index < -0.39 is 0 Å². The highest BCUT2D eigenvalue weighted by Gasteiger charge is 2.28. The van der Waals surface area contributed by atoms with Gasteiger partial charge in [0.1, 0.15) is 0 Å². The molecule has 0 amide bonds. The lowest BCUT2D eigenvalue weighted by Crippen LogP contribution is -2.33. The summed E-state index contributed by atoms with van der Waals surface area (Å²) in [6, 6.07) is 5.26. The molecule has 3 heteroatoms. The molecule has 17 heavy (non-hydrogen) atoms. The molecule has 0 saturated heterocycles. The molecule has 1 unspecified atom stereocenters. The maximum atomic E-state index is 14.2. The molecule has 2 nitrogen and oxygen atoms in total. The van der Waals surface area contributed by atoms with Crippen molar-refractivity contribution in [2.24, 2.45) is 5.41 Å². The van der Waals surface area contributed by atoms with Crippen LogP contribution in [0.1, 0.15) is 39.3 Å². The van der Waals surface area contributed by atoms with E-state index in [1.165, 1.54) is 7.11 Å². The van der Waals surface area contributed by atoms with E-state index in [0.717, 1.165) is 6.54 Å². The lowest BCUT2D eigenvalue weighted by molar-refractivity contribution is 0.267. The van der Waals surface area contributed by atoms with Crippen molar-refractivity contribution in [3.8, 4) is 5.75 Å². The normalized spacial score (nSPS) is 13.5. The van der Waals surface area contributed by atoms with Gasteiger partial charge in [-0.15, -0.1) is 0 Å². The van der Waals surface area contributed by atoms with Gasteiger partial charge in [-0.2, -0.15) is 0 Å². The summed E-state index contributed by atoms with van der Waals surface area (Å²) >= 11 is 0. The molecule has 1 atom stereocenters. The monoisotopic (exact) mass is 239 g/mol. The number of methoxy groups -OCH3 is 1. The summed E-state index contributed by atoms with van der Waals surface area (Å²) in [4.78, 5) is 0. The summed E-state index contributed by atoms with van der Waals surface area (Å²) in [6.07, 6.45) is 0. The molecule has 96 valence electrons. The Bertz CT molecular complexity index is 371. The highest BCUT2D eigenvalue weighted by molar-refractivity contribution is 5.33. The second-order valence-electron chi connectivity index (χ2n) is 5.22. The molecule has 0 saturated carbocycles. The second-order valence-corrected chi connectivity index (χ2v) is 5.22. The summed E-state index contributed by atoms with van der Waals surface area (Å²) in [6.45, 7) is 9.12. The van der Waals surface area contributed by atoms with Gasteiger partial charge in [0.25, 0.3) is 0 Å². The fourth-order valence-corrected chi connectivity index (χ4v) is 2.00. The van der Waals surface area contributed by atoms with Gasteiger partial charge < -0.3 is 10.1 Å². The first-order valence-corrected chi connectivity index (χ1v) is 5.97. The highest BCUT2D eigenvalue weighted by Crippen LogP contribution is 2.36. The van der Waals surface area contributed by atoms with Crippen LogP contribution >= 0.6 is 0 Å².